The Kier molecular flexibility index (Phi) is 7.43. The third kappa shape index (κ3) is 6.02. The molecular formula is C20H19BrF2N4O2S. The molecule has 0 saturated carbocycles. The minimum absolute atomic E-state index is 0.0436. The Bertz CT molecular complexity index is 1000. The molecule has 2 N–H and O–H groups in total. The van der Waals surface area contributed by atoms with Crippen molar-refractivity contribution in [2.45, 2.75) is 31.5 Å². The van der Waals surface area contributed by atoms with Crippen molar-refractivity contribution in [3.63, 3.8) is 0 Å². The van der Waals surface area contributed by atoms with E-state index in [1.807, 2.05) is 24.3 Å². The number of anilines is 1. The largest absolute Gasteiger partial charge is 0.486 e. The maximum Gasteiger partial charge on any atom is 0.234 e. The Morgan fingerprint density at radius 3 is 2.67 bits per heavy atom. The van der Waals surface area contributed by atoms with Crippen LogP contribution >= 0.6 is 27.7 Å². The molecule has 1 aromatic heterocycles. The Labute approximate surface area is 184 Å². The van der Waals surface area contributed by atoms with Crippen LogP contribution in [-0.4, -0.2) is 26.8 Å². The molecule has 6 nitrogen and oxygen atoms in total. The Balaban J connectivity index is 1.49. The third-order valence-electron chi connectivity index (χ3n) is 4.04. The first-order chi connectivity index (χ1) is 14.3. The molecule has 0 fully saturated rings. The Hall–Kier alpha value is -2.46. The van der Waals surface area contributed by atoms with Crippen molar-refractivity contribution in [2.75, 3.05) is 11.1 Å². The molecule has 0 unspecified atom stereocenters. The minimum Gasteiger partial charge on any atom is -0.486 e. The summed E-state index contributed by atoms with van der Waals surface area (Å²) in [5, 5.41) is 9.54. The number of benzene rings is 2. The predicted octanol–water partition coefficient (Wildman–Crippen LogP) is 5.28. The van der Waals surface area contributed by atoms with Crippen molar-refractivity contribution < 1.29 is 18.3 Å². The predicted molar refractivity (Wildman–Crippen MR) is 115 cm³/mol. The van der Waals surface area contributed by atoms with Gasteiger partial charge >= 0.3 is 0 Å². The molecule has 1 heterocycles. The molecule has 0 bridgehead atoms. The number of aromatic nitrogens is 3. The van der Waals surface area contributed by atoms with E-state index >= 15 is 0 Å². The average Bonchev–Trinajstić information content (AvgIpc) is 3.16. The number of thioether (sulfide) groups is 1. The van der Waals surface area contributed by atoms with Gasteiger partial charge in [0.05, 0.1) is 11.4 Å². The molecule has 0 aliphatic carbocycles. The van der Waals surface area contributed by atoms with Gasteiger partial charge in [0.1, 0.15) is 18.2 Å². The first-order valence-electron chi connectivity index (χ1n) is 9.03. The summed E-state index contributed by atoms with van der Waals surface area (Å²) in [7, 11) is 0. The summed E-state index contributed by atoms with van der Waals surface area (Å²) in [6, 6.07) is 9.61. The first-order valence-corrected chi connectivity index (χ1v) is 10.8. The number of amides is 1. The summed E-state index contributed by atoms with van der Waals surface area (Å²) in [4.78, 5) is 16.3. The van der Waals surface area contributed by atoms with E-state index in [9.17, 15) is 13.6 Å². The lowest BCUT2D eigenvalue weighted by molar-refractivity contribution is -0.113. The number of H-pyrrole nitrogens is 1. The molecule has 0 atom stereocenters. The van der Waals surface area contributed by atoms with E-state index in [2.05, 4.69) is 50.3 Å². The van der Waals surface area contributed by atoms with Gasteiger partial charge < -0.3 is 10.1 Å². The van der Waals surface area contributed by atoms with Gasteiger partial charge in [-0.25, -0.2) is 13.8 Å². The van der Waals surface area contributed by atoms with Crippen molar-refractivity contribution in [3.05, 3.63) is 63.9 Å². The van der Waals surface area contributed by atoms with Crippen molar-refractivity contribution >= 4 is 39.3 Å². The van der Waals surface area contributed by atoms with Gasteiger partial charge in [0.15, 0.2) is 11.6 Å². The topological polar surface area (TPSA) is 79.9 Å². The van der Waals surface area contributed by atoms with E-state index in [0.717, 1.165) is 23.6 Å². The second-order valence-electron chi connectivity index (χ2n) is 6.66. The molecule has 3 aromatic rings. The van der Waals surface area contributed by atoms with E-state index in [4.69, 9.17) is 4.74 Å². The third-order valence-corrected chi connectivity index (χ3v) is 5.51. The first kappa shape index (κ1) is 22.2. The van der Waals surface area contributed by atoms with Gasteiger partial charge in [0, 0.05) is 10.5 Å². The van der Waals surface area contributed by atoms with Crippen LogP contribution in [0.15, 0.2) is 46.0 Å². The smallest absolute Gasteiger partial charge is 0.234 e. The fourth-order valence-electron chi connectivity index (χ4n) is 2.47. The van der Waals surface area contributed by atoms with Crippen molar-refractivity contribution in [2.24, 2.45) is 0 Å². The van der Waals surface area contributed by atoms with Crippen LogP contribution in [0.25, 0.3) is 0 Å². The highest BCUT2D eigenvalue weighted by Gasteiger charge is 2.14. The van der Waals surface area contributed by atoms with E-state index in [-0.39, 0.29) is 22.5 Å². The van der Waals surface area contributed by atoms with Gasteiger partial charge in [0.25, 0.3) is 0 Å². The number of hydrogen-bond acceptors (Lipinski definition) is 5. The number of halogens is 3. The quantitative estimate of drug-likeness (QED) is 0.414. The molecule has 30 heavy (non-hydrogen) atoms. The van der Waals surface area contributed by atoms with Gasteiger partial charge in [-0.2, -0.15) is 0 Å². The molecule has 3 rings (SSSR count). The van der Waals surface area contributed by atoms with Crippen LogP contribution in [0.2, 0.25) is 0 Å². The summed E-state index contributed by atoms with van der Waals surface area (Å²) in [6.45, 7) is 4.45. The fraction of sp³-hybridized carbons (Fsp3) is 0.250. The maximum atomic E-state index is 13.8. The summed E-state index contributed by atoms with van der Waals surface area (Å²) in [6.07, 6.45) is 0. The molecule has 0 spiro atoms. The number of carbonyl (C=O) groups is 1. The second-order valence-corrected chi connectivity index (χ2v) is 8.46. The Morgan fingerprint density at radius 1 is 1.27 bits per heavy atom. The lowest BCUT2D eigenvalue weighted by Crippen LogP contribution is -2.15. The van der Waals surface area contributed by atoms with E-state index in [1.54, 1.807) is 0 Å². The van der Waals surface area contributed by atoms with Crippen LogP contribution in [-0.2, 0) is 11.4 Å². The monoisotopic (exact) mass is 496 g/mol. The van der Waals surface area contributed by atoms with Crippen LogP contribution in [0.4, 0.5) is 14.5 Å². The van der Waals surface area contributed by atoms with Crippen LogP contribution in [0.3, 0.4) is 0 Å². The molecular weight excluding hydrogens is 478 g/mol. The molecule has 10 heteroatoms. The second kappa shape index (κ2) is 10.0. The van der Waals surface area contributed by atoms with Crippen molar-refractivity contribution in [3.8, 4) is 5.75 Å². The maximum absolute atomic E-state index is 13.8. The van der Waals surface area contributed by atoms with Gasteiger partial charge in [-0.1, -0.05) is 37.7 Å². The zero-order chi connectivity index (χ0) is 21.7. The van der Waals surface area contributed by atoms with Crippen LogP contribution in [0, 0.1) is 11.6 Å². The average molecular weight is 497 g/mol. The van der Waals surface area contributed by atoms with E-state index < -0.39 is 17.5 Å². The summed E-state index contributed by atoms with van der Waals surface area (Å²) in [5.74, 6) is -0.436. The summed E-state index contributed by atoms with van der Waals surface area (Å²) in [5.41, 5.74) is 1.11. The Morgan fingerprint density at radius 2 is 2.00 bits per heavy atom. The molecule has 158 valence electrons. The van der Waals surface area contributed by atoms with Crippen LogP contribution < -0.4 is 10.1 Å². The minimum atomic E-state index is -0.862. The molecule has 1 amide bonds. The molecule has 0 aliphatic heterocycles. The highest BCUT2D eigenvalue weighted by molar-refractivity contribution is 9.10. The summed E-state index contributed by atoms with van der Waals surface area (Å²) >= 11 is 4.11. The lowest BCUT2D eigenvalue weighted by Gasteiger charge is -2.08. The zero-order valence-electron chi connectivity index (χ0n) is 16.2. The fourth-order valence-corrected chi connectivity index (χ4v) is 3.60. The van der Waals surface area contributed by atoms with Gasteiger partial charge in [0.2, 0.25) is 11.1 Å². The van der Waals surface area contributed by atoms with Crippen LogP contribution in [0.1, 0.15) is 31.2 Å². The zero-order valence-corrected chi connectivity index (χ0v) is 18.6. The van der Waals surface area contributed by atoms with E-state index in [1.165, 1.54) is 5.56 Å². The van der Waals surface area contributed by atoms with Crippen molar-refractivity contribution in [1.29, 1.82) is 0 Å². The highest BCUT2D eigenvalue weighted by atomic mass is 79.9. The molecule has 0 saturated heterocycles. The standard InChI is InChI=1S/C20H19BrF2N4O2S/c1-11(2)12-3-5-14(6-4-12)29-9-17-24-20(27-26-17)30-10-18(28)25-19-15(21)7-13(22)8-16(19)23/h3-8,11H,9-10H2,1-2H3,(H,25,28)(H,24,26,27). The summed E-state index contributed by atoms with van der Waals surface area (Å²) < 4.78 is 32.7. The molecule has 0 radical (unpaired) electrons. The number of aromatic amines is 1. The van der Waals surface area contributed by atoms with Gasteiger partial charge in [-0.3, -0.25) is 9.89 Å². The van der Waals surface area contributed by atoms with Gasteiger partial charge in [-0.15, -0.1) is 5.10 Å². The lowest BCUT2D eigenvalue weighted by atomic mass is 10.0. The van der Waals surface area contributed by atoms with E-state index in [0.29, 0.717) is 23.0 Å². The number of nitrogens with zero attached hydrogens (tertiary/aromatic N) is 2. The van der Waals surface area contributed by atoms with Crippen LogP contribution in [0.5, 0.6) is 5.75 Å². The number of hydrogen-bond donors (Lipinski definition) is 2. The molecule has 0 aliphatic rings. The van der Waals surface area contributed by atoms with Crippen molar-refractivity contribution in [1.82, 2.24) is 15.2 Å². The number of nitrogens with one attached hydrogen (secondary N) is 2. The number of carbonyl (C=O) groups excluding carboxylic acids is 1. The number of rotatable bonds is 8. The van der Waals surface area contributed by atoms with Gasteiger partial charge in [-0.05, 0) is 45.6 Å². The molecule has 2 aromatic carbocycles. The normalized spacial score (nSPS) is 11.0. The highest BCUT2D eigenvalue weighted by Crippen LogP contribution is 2.27. The number of ether oxygens (including phenoxy) is 1. The SMILES string of the molecule is CC(C)c1ccc(OCc2nc(SCC(=O)Nc3c(F)cc(F)cc3Br)n[nH]2)cc1.